The third-order valence-electron chi connectivity index (χ3n) is 2.68. The van der Waals surface area contributed by atoms with Crippen LogP contribution in [0, 0.1) is 0 Å². The molecule has 1 aromatic carbocycles. The SMILES string of the molecule is Clc1cncnc1NC1COc2ccccc21. The zero-order valence-electron chi connectivity index (χ0n) is 8.93. The molecule has 0 radical (unpaired) electrons. The second kappa shape index (κ2) is 4.22. The van der Waals surface area contributed by atoms with Gasteiger partial charge in [-0.1, -0.05) is 29.8 Å². The normalized spacial score (nSPS) is 17.4. The Balaban J connectivity index is 1.87. The summed E-state index contributed by atoms with van der Waals surface area (Å²) in [6.45, 7) is 0.583. The summed E-state index contributed by atoms with van der Waals surface area (Å²) in [5, 5.41) is 3.77. The summed E-state index contributed by atoms with van der Waals surface area (Å²) >= 11 is 6.00. The first-order chi connectivity index (χ1) is 8.34. The first kappa shape index (κ1) is 10.4. The number of anilines is 1. The van der Waals surface area contributed by atoms with Crippen LogP contribution >= 0.6 is 11.6 Å². The van der Waals surface area contributed by atoms with E-state index in [2.05, 4.69) is 15.3 Å². The number of hydrogen-bond donors (Lipinski definition) is 1. The fraction of sp³-hybridized carbons (Fsp3) is 0.167. The van der Waals surface area contributed by atoms with Gasteiger partial charge in [0, 0.05) is 5.56 Å². The minimum atomic E-state index is 0.0820. The summed E-state index contributed by atoms with van der Waals surface area (Å²) in [5.74, 6) is 1.54. The van der Waals surface area contributed by atoms with Crippen LogP contribution in [0.5, 0.6) is 5.75 Å². The topological polar surface area (TPSA) is 47.0 Å². The lowest BCUT2D eigenvalue weighted by atomic mass is 10.1. The molecule has 3 rings (SSSR count). The van der Waals surface area contributed by atoms with E-state index < -0.39 is 0 Å². The van der Waals surface area contributed by atoms with Gasteiger partial charge in [0.25, 0.3) is 0 Å². The number of fused-ring (bicyclic) bond motifs is 1. The fourth-order valence-electron chi connectivity index (χ4n) is 1.87. The molecule has 1 aliphatic heterocycles. The molecule has 86 valence electrons. The molecule has 1 unspecified atom stereocenters. The molecule has 0 saturated heterocycles. The van der Waals surface area contributed by atoms with E-state index in [0.717, 1.165) is 11.3 Å². The minimum absolute atomic E-state index is 0.0820. The Hall–Kier alpha value is -1.81. The van der Waals surface area contributed by atoms with Crippen molar-refractivity contribution in [2.75, 3.05) is 11.9 Å². The van der Waals surface area contributed by atoms with Gasteiger partial charge in [-0.2, -0.15) is 0 Å². The molecule has 1 atom stereocenters. The highest BCUT2D eigenvalue weighted by atomic mass is 35.5. The number of nitrogens with zero attached hydrogens (tertiary/aromatic N) is 2. The summed E-state index contributed by atoms with van der Waals surface area (Å²) in [6.07, 6.45) is 3.04. The van der Waals surface area contributed by atoms with Gasteiger partial charge in [-0.3, -0.25) is 0 Å². The molecule has 1 aromatic heterocycles. The lowest BCUT2D eigenvalue weighted by molar-refractivity contribution is 0.339. The molecular formula is C12H10ClN3O. The maximum absolute atomic E-state index is 6.00. The van der Waals surface area contributed by atoms with E-state index >= 15 is 0 Å². The molecular weight excluding hydrogens is 238 g/mol. The highest BCUT2D eigenvalue weighted by Crippen LogP contribution is 2.34. The third-order valence-corrected chi connectivity index (χ3v) is 2.96. The van der Waals surface area contributed by atoms with Crippen LogP contribution in [-0.4, -0.2) is 16.6 Å². The monoisotopic (exact) mass is 247 g/mol. The second-order valence-electron chi connectivity index (χ2n) is 3.77. The molecule has 0 aliphatic carbocycles. The summed E-state index contributed by atoms with van der Waals surface area (Å²) in [4.78, 5) is 7.95. The van der Waals surface area contributed by atoms with Gasteiger partial charge < -0.3 is 10.1 Å². The van der Waals surface area contributed by atoms with E-state index in [1.165, 1.54) is 6.33 Å². The zero-order valence-corrected chi connectivity index (χ0v) is 9.69. The molecule has 1 N–H and O–H groups in total. The predicted octanol–water partition coefficient (Wildman–Crippen LogP) is 2.68. The van der Waals surface area contributed by atoms with Crippen LogP contribution < -0.4 is 10.1 Å². The van der Waals surface area contributed by atoms with E-state index in [4.69, 9.17) is 16.3 Å². The van der Waals surface area contributed by atoms with Gasteiger partial charge in [-0.15, -0.1) is 0 Å². The largest absolute Gasteiger partial charge is 0.491 e. The Morgan fingerprint density at radius 1 is 1.35 bits per heavy atom. The van der Waals surface area contributed by atoms with Crippen molar-refractivity contribution in [1.29, 1.82) is 0 Å². The molecule has 2 aromatic rings. The van der Waals surface area contributed by atoms with Crippen LogP contribution in [0.1, 0.15) is 11.6 Å². The van der Waals surface area contributed by atoms with Crippen molar-refractivity contribution in [2.24, 2.45) is 0 Å². The number of para-hydroxylation sites is 1. The number of nitrogens with one attached hydrogen (secondary N) is 1. The van der Waals surface area contributed by atoms with Crippen molar-refractivity contribution in [3.8, 4) is 5.75 Å². The molecule has 2 heterocycles. The standard InChI is InChI=1S/C12H10ClN3O/c13-9-5-14-7-15-12(9)16-10-6-17-11-4-2-1-3-8(10)11/h1-5,7,10H,6H2,(H,14,15,16). The summed E-state index contributed by atoms with van der Waals surface area (Å²) in [5.41, 5.74) is 1.13. The summed E-state index contributed by atoms with van der Waals surface area (Å²) in [7, 11) is 0. The Morgan fingerprint density at radius 3 is 3.12 bits per heavy atom. The molecule has 0 bridgehead atoms. The van der Waals surface area contributed by atoms with Crippen LogP contribution in [0.4, 0.5) is 5.82 Å². The van der Waals surface area contributed by atoms with Crippen LogP contribution in [0.3, 0.4) is 0 Å². The van der Waals surface area contributed by atoms with E-state index in [0.29, 0.717) is 17.4 Å². The molecule has 0 amide bonds. The number of benzene rings is 1. The molecule has 5 heteroatoms. The van der Waals surface area contributed by atoms with E-state index in [1.807, 2.05) is 24.3 Å². The Labute approximate surface area is 104 Å². The Kier molecular flexibility index (Phi) is 2.57. The third kappa shape index (κ3) is 1.91. The van der Waals surface area contributed by atoms with E-state index in [9.17, 15) is 0 Å². The maximum atomic E-state index is 6.00. The maximum Gasteiger partial charge on any atom is 0.148 e. The van der Waals surface area contributed by atoms with Gasteiger partial charge in [0.2, 0.25) is 0 Å². The van der Waals surface area contributed by atoms with Crippen molar-refractivity contribution in [3.05, 3.63) is 47.4 Å². The molecule has 17 heavy (non-hydrogen) atoms. The Bertz CT molecular complexity index is 547. The van der Waals surface area contributed by atoms with Crippen LogP contribution in [-0.2, 0) is 0 Å². The van der Waals surface area contributed by atoms with E-state index in [1.54, 1.807) is 6.20 Å². The highest BCUT2D eigenvalue weighted by Gasteiger charge is 2.24. The summed E-state index contributed by atoms with van der Waals surface area (Å²) in [6, 6.07) is 8.02. The summed E-state index contributed by atoms with van der Waals surface area (Å²) < 4.78 is 5.57. The van der Waals surface area contributed by atoms with Gasteiger partial charge in [0.1, 0.15) is 29.5 Å². The van der Waals surface area contributed by atoms with Crippen molar-refractivity contribution in [2.45, 2.75) is 6.04 Å². The van der Waals surface area contributed by atoms with Gasteiger partial charge in [0.05, 0.1) is 12.2 Å². The van der Waals surface area contributed by atoms with Gasteiger partial charge in [-0.05, 0) is 6.07 Å². The molecule has 0 spiro atoms. The number of ether oxygens (including phenoxy) is 1. The lowest BCUT2D eigenvalue weighted by Gasteiger charge is -2.12. The average Bonchev–Trinajstić information content (AvgIpc) is 2.76. The molecule has 0 fully saturated rings. The van der Waals surface area contributed by atoms with Crippen molar-refractivity contribution >= 4 is 17.4 Å². The van der Waals surface area contributed by atoms with Crippen LogP contribution in [0.15, 0.2) is 36.8 Å². The van der Waals surface area contributed by atoms with Crippen LogP contribution in [0.25, 0.3) is 0 Å². The first-order valence-electron chi connectivity index (χ1n) is 5.28. The van der Waals surface area contributed by atoms with Gasteiger partial charge in [-0.25, -0.2) is 9.97 Å². The zero-order chi connectivity index (χ0) is 11.7. The highest BCUT2D eigenvalue weighted by molar-refractivity contribution is 6.32. The van der Waals surface area contributed by atoms with E-state index in [-0.39, 0.29) is 6.04 Å². The van der Waals surface area contributed by atoms with Crippen molar-refractivity contribution in [1.82, 2.24) is 9.97 Å². The number of aromatic nitrogens is 2. The number of halogens is 1. The quantitative estimate of drug-likeness (QED) is 0.886. The van der Waals surface area contributed by atoms with Gasteiger partial charge in [0.15, 0.2) is 0 Å². The van der Waals surface area contributed by atoms with Gasteiger partial charge >= 0.3 is 0 Å². The average molecular weight is 248 g/mol. The van der Waals surface area contributed by atoms with Crippen molar-refractivity contribution < 1.29 is 4.74 Å². The predicted molar refractivity (Wildman–Crippen MR) is 65.3 cm³/mol. The Morgan fingerprint density at radius 2 is 2.24 bits per heavy atom. The molecule has 0 saturated carbocycles. The molecule has 1 aliphatic rings. The lowest BCUT2D eigenvalue weighted by Crippen LogP contribution is -2.13. The van der Waals surface area contributed by atoms with Crippen LogP contribution in [0.2, 0.25) is 5.02 Å². The number of hydrogen-bond acceptors (Lipinski definition) is 4. The second-order valence-corrected chi connectivity index (χ2v) is 4.17. The minimum Gasteiger partial charge on any atom is -0.491 e. The fourth-order valence-corrected chi connectivity index (χ4v) is 2.03. The molecule has 4 nitrogen and oxygen atoms in total. The smallest absolute Gasteiger partial charge is 0.148 e. The first-order valence-corrected chi connectivity index (χ1v) is 5.66. The number of rotatable bonds is 2. The van der Waals surface area contributed by atoms with Crippen molar-refractivity contribution in [3.63, 3.8) is 0 Å².